The van der Waals surface area contributed by atoms with E-state index in [4.69, 9.17) is 4.74 Å². The van der Waals surface area contributed by atoms with Gasteiger partial charge in [-0.15, -0.1) is 0 Å². The smallest absolute Gasteiger partial charge is 0.317 e. The van der Waals surface area contributed by atoms with Gasteiger partial charge in [-0.25, -0.2) is 0 Å². The van der Waals surface area contributed by atoms with E-state index in [0.717, 1.165) is 24.8 Å². The quantitative estimate of drug-likeness (QED) is 0.565. The summed E-state index contributed by atoms with van der Waals surface area (Å²) in [6.45, 7) is 6.03. The zero-order valence-electron chi connectivity index (χ0n) is 15.0. The zero-order chi connectivity index (χ0) is 18.1. The number of aliphatic hydroxyl groups excluding tert-OH is 1. The van der Waals surface area contributed by atoms with Crippen molar-refractivity contribution in [2.24, 2.45) is 11.3 Å². The van der Waals surface area contributed by atoms with Crippen molar-refractivity contribution in [3.8, 4) is 11.5 Å². The fraction of sp³-hybridized carbons (Fsp3) is 0.650. The van der Waals surface area contributed by atoms with E-state index in [1.807, 2.05) is 6.07 Å². The van der Waals surface area contributed by atoms with Crippen LogP contribution in [0.1, 0.15) is 75.2 Å². The molecular weight excluding hydrogens is 320 g/mol. The molecule has 5 rings (SSSR count). The van der Waals surface area contributed by atoms with Crippen LogP contribution in [-0.2, 0) is 14.9 Å². The number of carbonyl (C=O) groups is 1. The van der Waals surface area contributed by atoms with Crippen molar-refractivity contribution in [1.82, 2.24) is 0 Å². The number of fused-ring (bicyclic) bond motifs is 1. The summed E-state index contributed by atoms with van der Waals surface area (Å²) >= 11 is 0. The van der Waals surface area contributed by atoms with Crippen LogP contribution in [0.4, 0.5) is 0 Å². The fourth-order valence-electron chi connectivity index (χ4n) is 5.59. The molecule has 1 saturated carbocycles. The molecule has 1 saturated heterocycles. The number of phenolic OH excluding ortho intramolecular Hbond substituents is 2. The highest BCUT2D eigenvalue weighted by atomic mass is 16.5. The first-order valence-corrected chi connectivity index (χ1v) is 9.15. The van der Waals surface area contributed by atoms with Gasteiger partial charge in [-0.1, -0.05) is 27.2 Å². The molecule has 1 aromatic carbocycles. The van der Waals surface area contributed by atoms with Gasteiger partial charge in [0.05, 0.1) is 0 Å². The summed E-state index contributed by atoms with van der Waals surface area (Å²) < 4.78 is 5.73. The van der Waals surface area contributed by atoms with Crippen LogP contribution in [0.25, 0.3) is 0 Å². The lowest BCUT2D eigenvalue weighted by molar-refractivity contribution is -0.185. The minimum absolute atomic E-state index is 0.0211. The van der Waals surface area contributed by atoms with Crippen LogP contribution in [0.5, 0.6) is 11.5 Å². The third-order valence-electron chi connectivity index (χ3n) is 6.93. The molecule has 3 N–H and O–H groups in total. The lowest BCUT2D eigenvalue weighted by atomic mass is 9.47. The van der Waals surface area contributed by atoms with Gasteiger partial charge in [0.2, 0.25) is 0 Å². The summed E-state index contributed by atoms with van der Waals surface area (Å²) in [6, 6.07) is 1.82. The Morgan fingerprint density at radius 2 is 2.00 bits per heavy atom. The Hall–Kier alpha value is -1.75. The Kier molecular flexibility index (Phi) is 3.43. The molecule has 136 valence electrons. The van der Waals surface area contributed by atoms with E-state index >= 15 is 0 Å². The summed E-state index contributed by atoms with van der Waals surface area (Å²) in [5, 5.41) is 30.9. The fourth-order valence-corrected chi connectivity index (χ4v) is 5.59. The molecule has 1 unspecified atom stereocenters. The monoisotopic (exact) mass is 346 g/mol. The second-order valence-corrected chi connectivity index (χ2v) is 8.71. The molecule has 5 nitrogen and oxygen atoms in total. The van der Waals surface area contributed by atoms with Crippen LogP contribution in [0, 0.1) is 11.3 Å². The van der Waals surface area contributed by atoms with Crippen molar-refractivity contribution in [3.05, 3.63) is 22.8 Å². The number of hydrogen-bond acceptors (Lipinski definition) is 5. The van der Waals surface area contributed by atoms with E-state index < -0.39 is 5.41 Å². The molecule has 2 aliphatic carbocycles. The standard InChI is InChI=1S/C20H26O5/c1-10(9-21)11-7-12-13-8-14-19(2,3)5-4-6-20(14,18(24)25-13)15(12)17(23)16(11)22/h7,10,13-14,21-23H,4-6,8-9H2,1-3H3/t10?,13-,14-,20+/m0/s1. The van der Waals surface area contributed by atoms with Crippen molar-refractivity contribution in [2.75, 3.05) is 6.61 Å². The summed E-state index contributed by atoms with van der Waals surface area (Å²) in [5.74, 6) is -0.872. The molecule has 0 aromatic heterocycles. The van der Waals surface area contributed by atoms with Gasteiger partial charge in [0.25, 0.3) is 0 Å². The van der Waals surface area contributed by atoms with E-state index in [-0.39, 0.29) is 47.4 Å². The number of benzene rings is 1. The summed E-state index contributed by atoms with van der Waals surface area (Å²) in [4.78, 5) is 12.9. The maximum Gasteiger partial charge on any atom is 0.317 e. The number of ether oxygens (including phenoxy) is 1. The van der Waals surface area contributed by atoms with Gasteiger partial charge in [-0.2, -0.15) is 0 Å². The Morgan fingerprint density at radius 1 is 1.28 bits per heavy atom. The molecule has 2 bridgehead atoms. The van der Waals surface area contributed by atoms with Gasteiger partial charge in [0.15, 0.2) is 11.5 Å². The van der Waals surface area contributed by atoms with Crippen LogP contribution in [0.2, 0.25) is 0 Å². The number of hydrogen-bond donors (Lipinski definition) is 3. The van der Waals surface area contributed by atoms with Gasteiger partial charge in [-0.3, -0.25) is 4.79 Å². The molecule has 4 atom stereocenters. The third-order valence-corrected chi connectivity index (χ3v) is 6.93. The molecule has 0 amide bonds. The van der Waals surface area contributed by atoms with E-state index in [1.54, 1.807) is 6.92 Å². The molecule has 0 radical (unpaired) electrons. The minimum Gasteiger partial charge on any atom is -0.504 e. The average Bonchev–Trinajstić information content (AvgIpc) is 2.57. The van der Waals surface area contributed by atoms with Gasteiger partial charge >= 0.3 is 5.97 Å². The zero-order valence-corrected chi connectivity index (χ0v) is 15.0. The number of phenols is 2. The van der Waals surface area contributed by atoms with Crippen molar-refractivity contribution in [2.45, 2.75) is 63.9 Å². The van der Waals surface area contributed by atoms with Gasteiger partial charge in [-0.05, 0) is 36.7 Å². The first-order chi connectivity index (χ1) is 11.7. The number of aromatic hydroxyl groups is 2. The van der Waals surface area contributed by atoms with Gasteiger partial charge in [0.1, 0.15) is 11.5 Å². The Bertz CT molecular complexity index is 753. The van der Waals surface area contributed by atoms with Crippen molar-refractivity contribution < 1.29 is 24.9 Å². The van der Waals surface area contributed by atoms with Crippen LogP contribution in [-0.4, -0.2) is 27.9 Å². The van der Waals surface area contributed by atoms with Gasteiger partial charge < -0.3 is 20.1 Å². The number of esters is 1. The lowest BCUT2D eigenvalue weighted by Gasteiger charge is -2.58. The molecule has 25 heavy (non-hydrogen) atoms. The normalized spacial score (nSPS) is 33.4. The minimum atomic E-state index is -0.867. The molecule has 2 heterocycles. The first kappa shape index (κ1) is 16.7. The summed E-state index contributed by atoms with van der Waals surface area (Å²) in [5.41, 5.74) is 0.995. The maximum atomic E-state index is 12.9. The largest absolute Gasteiger partial charge is 0.504 e. The maximum absolute atomic E-state index is 12.9. The SMILES string of the molecule is CC(CO)c1cc2c(c(O)c1O)[C@@]13CCCC(C)(C)[C@@H]1C[C@@H]2OC3=O. The molecule has 4 aliphatic rings. The molecule has 5 heteroatoms. The molecule has 2 aliphatic heterocycles. The van der Waals surface area contributed by atoms with Crippen LogP contribution in [0.3, 0.4) is 0 Å². The predicted molar refractivity (Wildman–Crippen MR) is 91.5 cm³/mol. The second-order valence-electron chi connectivity index (χ2n) is 8.71. The highest BCUT2D eigenvalue weighted by Gasteiger charge is 2.65. The Labute approximate surface area is 147 Å². The predicted octanol–water partition coefficient (Wildman–Crippen LogP) is 3.26. The second kappa shape index (κ2) is 5.13. The Balaban J connectivity index is 1.99. The van der Waals surface area contributed by atoms with E-state index in [2.05, 4.69) is 13.8 Å². The number of aliphatic hydroxyl groups is 1. The highest BCUT2D eigenvalue weighted by molar-refractivity contribution is 5.89. The van der Waals surface area contributed by atoms with E-state index in [9.17, 15) is 20.1 Å². The average molecular weight is 346 g/mol. The third kappa shape index (κ3) is 1.96. The van der Waals surface area contributed by atoms with E-state index in [1.165, 1.54) is 0 Å². The lowest BCUT2D eigenvalue weighted by Crippen LogP contribution is -2.59. The van der Waals surface area contributed by atoms with Crippen LogP contribution < -0.4 is 0 Å². The van der Waals surface area contributed by atoms with Gasteiger partial charge in [0, 0.05) is 29.2 Å². The van der Waals surface area contributed by atoms with Crippen LogP contribution >= 0.6 is 0 Å². The van der Waals surface area contributed by atoms with Crippen molar-refractivity contribution in [3.63, 3.8) is 0 Å². The van der Waals surface area contributed by atoms with E-state index in [0.29, 0.717) is 17.5 Å². The summed E-state index contributed by atoms with van der Waals surface area (Å²) in [6.07, 6.45) is 2.94. The molecule has 1 spiro atoms. The Morgan fingerprint density at radius 3 is 2.68 bits per heavy atom. The molecular formula is C20H26O5. The first-order valence-electron chi connectivity index (χ1n) is 9.15. The topological polar surface area (TPSA) is 87.0 Å². The number of rotatable bonds is 2. The van der Waals surface area contributed by atoms with Crippen molar-refractivity contribution >= 4 is 5.97 Å². The highest BCUT2D eigenvalue weighted by Crippen LogP contribution is 2.66. The molecule has 1 aromatic rings. The number of carbonyl (C=O) groups excluding carboxylic acids is 1. The van der Waals surface area contributed by atoms with Crippen molar-refractivity contribution in [1.29, 1.82) is 0 Å². The molecule has 2 fully saturated rings. The van der Waals surface area contributed by atoms with Crippen LogP contribution in [0.15, 0.2) is 6.07 Å². The summed E-state index contributed by atoms with van der Waals surface area (Å²) in [7, 11) is 0.